The second-order valence-electron chi connectivity index (χ2n) is 10.8. The van der Waals surface area contributed by atoms with Gasteiger partial charge in [-0.05, 0) is 60.2 Å². The van der Waals surface area contributed by atoms with Crippen molar-refractivity contribution in [1.29, 1.82) is 0 Å². The molecule has 0 radical (unpaired) electrons. The summed E-state index contributed by atoms with van der Waals surface area (Å²) in [5.41, 5.74) is 0.534. The van der Waals surface area contributed by atoms with Crippen molar-refractivity contribution in [2.45, 2.75) is 36.9 Å². The Bertz CT molecular complexity index is 1670. The van der Waals surface area contributed by atoms with E-state index in [1.165, 1.54) is 56.4 Å². The summed E-state index contributed by atoms with van der Waals surface area (Å²) >= 11 is 12.6. The van der Waals surface area contributed by atoms with E-state index >= 15 is 0 Å². The largest absolute Gasteiger partial charge is 0.758 e. The van der Waals surface area contributed by atoms with Crippen LogP contribution in [0.15, 0.2) is 63.1 Å². The van der Waals surface area contributed by atoms with E-state index in [2.05, 4.69) is 9.46 Å². The number of carbonyl (C=O) groups excluding carboxylic acids is 2. The van der Waals surface area contributed by atoms with Crippen LogP contribution in [0.2, 0.25) is 0 Å². The Labute approximate surface area is 280 Å². The van der Waals surface area contributed by atoms with Gasteiger partial charge >= 0.3 is 12.6 Å². The summed E-state index contributed by atoms with van der Waals surface area (Å²) in [6, 6.07) is 7.62. The number of sulfonamides is 1. The molecule has 1 aliphatic heterocycles. The number of halogens is 4. The number of benzene rings is 2. The average Bonchev–Trinajstić information content (AvgIpc) is 3.84. The van der Waals surface area contributed by atoms with Crippen molar-refractivity contribution in [2.75, 3.05) is 40.9 Å². The van der Waals surface area contributed by atoms with Crippen molar-refractivity contribution in [1.82, 2.24) is 14.7 Å². The van der Waals surface area contributed by atoms with Gasteiger partial charge in [-0.25, -0.2) is 8.42 Å². The lowest BCUT2D eigenvalue weighted by atomic mass is 9.99. The Balaban J connectivity index is 1.59. The van der Waals surface area contributed by atoms with E-state index in [4.69, 9.17) is 37.4 Å². The Morgan fingerprint density at radius 2 is 1.81 bits per heavy atom. The summed E-state index contributed by atoms with van der Waals surface area (Å²) in [5.74, 6) is -1.36. The molecule has 2 aromatic rings. The third-order valence-corrected chi connectivity index (χ3v) is 9.15. The fraction of sp³-hybridized carbons (Fsp3) is 0.400. The van der Waals surface area contributed by atoms with Gasteiger partial charge in [-0.15, -0.1) is 0 Å². The molecule has 2 aliphatic rings. The maximum Gasteiger partial charge on any atom is 0.387 e. The summed E-state index contributed by atoms with van der Waals surface area (Å²) in [6.07, 6.45) is 1.61. The van der Waals surface area contributed by atoms with Crippen molar-refractivity contribution >= 4 is 45.1 Å². The fourth-order valence-corrected chi connectivity index (χ4v) is 6.10. The van der Waals surface area contributed by atoms with Gasteiger partial charge in [0.2, 0.25) is 10.0 Å². The van der Waals surface area contributed by atoms with E-state index < -0.39 is 41.2 Å². The Kier molecular flexibility index (Phi) is 12.0. The third kappa shape index (κ3) is 9.70. The van der Waals surface area contributed by atoms with E-state index in [0.717, 1.165) is 25.1 Å². The van der Waals surface area contributed by atoms with Gasteiger partial charge < -0.3 is 34.1 Å². The molecule has 1 amide bonds. The molecule has 0 spiro atoms. The van der Waals surface area contributed by atoms with Gasteiger partial charge in [0.1, 0.15) is 18.4 Å². The van der Waals surface area contributed by atoms with Gasteiger partial charge in [0.15, 0.2) is 11.5 Å². The number of rotatable bonds is 15. The van der Waals surface area contributed by atoms with Crippen LogP contribution in [0.3, 0.4) is 0 Å². The van der Waals surface area contributed by atoms with Crippen molar-refractivity contribution in [3.8, 4) is 17.2 Å². The summed E-state index contributed by atoms with van der Waals surface area (Å²) in [4.78, 5) is 26.6. The molecule has 1 atom stereocenters. The smallest absolute Gasteiger partial charge is 0.387 e. The molecule has 47 heavy (non-hydrogen) atoms. The van der Waals surface area contributed by atoms with E-state index in [1.807, 2.05) is 0 Å². The minimum atomic E-state index is -4.33. The molecule has 1 aliphatic carbocycles. The predicted octanol–water partition coefficient (Wildman–Crippen LogP) is 5.13. The van der Waals surface area contributed by atoms with Crippen LogP contribution >= 0.6 is 23.2 Å². The molecule has 12 nitrogen and oxygen atoms in total. The van der Waals surface area contributed by atoms with E-state index in [9.17, 15) is 32.0 Å². The number of ether oxygens (including phenoxy) is 4. The number of carbonyl (C=O) groups is 2. The second kappa shape index (κ2) is 15.5. The van der Waals surface area contributed by atoms with Crippen LogP contribution in [0.4, 0.5) is 8.78 Å². The molecule has 0 aromatic heterocycles. The highest BCUT2D eigenvalue weighted by Crippen LogP contribution is 2.40. The molecule has 1 fully saturated rings. The van der Waals surface area contributed by atoms with Crippen LogP contribution in [0, 0.1) is 11.1 Å². The van der Waals surface area contributed by atoms with Crippen molar-refractivity contribution in [2.24, 2.45) is 5.92 Å². The predicted molar refractivity (Wildman–Crippen MR) is 168 cm³/mol. The molecule has 17 heteroatoms. The first-order valence-electron chi connectivity index (χ1n) is 14.2. The first-order valence-corrected chi connectivity index (χ1v) is 16.4. The van der Waals surface area contributed by atoms with Gasteiger partial charge in [-0.2, -0.15) is 13.5 Å². The Morgan fingerprint density at radius 1 is 1.11 bits per heavy atom. The van der Waals surface area contributed by atoms with Gasteiger partial charge in [-0.1, -0.05) is 29.3 Å². The summed E-state index contributed by atoms with van der Waals surface area (Å²) in [7, 11) is -0.0177. The SMILES string of the molecule is COc1ccc(S(=O)(=O)NCC(=O)O[C@@H](CC2=C(Cl)CN([O-])C=C2Cl)c2ccc(OC(F)F)c(OCC3CC3)c2)cc1C(=O)N(C)C. The minimum absolute atomic E-state index is 0.0107. The highest BCUT2D eigenvalue weighted by Gasteiger charge is 2.28. The molecule has 1 saturated carbocycles. The lowest BCUT2D eigenvalue weighted by Crippen LogP contribution is -2.32. The van der Waals surface area contributed by atoms with Crippen LogP contribution in [0.5, 0.6) is 17.2 Å². The molecule has 256 valence electrons. The van der Waals surface area contributed by atoms with Crippen LogP contribution in [0.25, 0.3) is 0 Å². The molecule has 4 rings (SSSR count). The molecule has 1 N–H and O–H groups in total. The number of nitrogens with one attached hydrogen (secondary N) is 1. The number of methoxy groups -OCH3 is 1. The number of hydrogen-bond donors (Lipinski definition) is 1. The van der Waals surface area contributed by atoms with Crippen LogP contribution < -0.4 is 18.9 Å². The highest BCUT2D eigenvalue weighted by atomic mass is 35.5. The first-order chi connectivity index (χ1) is 22.2. The maximum atomic E-state index is 13.1. The number of amides is 1. The highest BCUT2D eigenvalue weighted by molar-refractivity contribution is 7.89. The molecular weight excluding hydrogens is 687 g/mol. The quantitative estimate of drug-likeness (QED) is 0.246. The van der Waals surface area contributed by atoms with E-state index in [1.54, 1.807) is 0 Å². The third-order valence-electron chi connectivity index (χ3n) is 7.08. The number of esters is 1. The van der Waals surface area contributed by atoms with Gasteiger partial charge in [0.25, 0.3) is 5.91 Å². The van der Waals surface area contributed by atoms with Crippen molar-refractivity contribution < 1.29 is 45.7 Å². The first kappa shape index (κ1) is 36.2. The van der Waals surface area contributed by atoms with Gasteiger partial charge in [0, 0.05) is 38.3 Å². The lowest BCUT2D eigenvalue weighted by Gasteiger charge is -2.32. The number of hydrogen-bond acceptors (Lipinski definition) is 10. The zero-order valence-electron chi connectivity index (χ0n) is 25.5. The topological polar surface area (TPSA) is 147 Å². The minimum Gasteiger partial charge on any atom is -0.758 e. The number of nitrogens with zero attached hydrogens (tertiary/aromatic N) is 2. The zero-order valence-corrected chi connectivity index (χ0v) is 27.8. The van der Waals surface area contributed by atoms with Crippen molar-refractivity contribution in [3.63, 3.8) is 0 Å². The van der Waals surface area contributed by atoms with E-state index in [-0.39, 0.29) is 74.4 Å². The maximum absolute atomic E-state index is 13.1. The zero-order chi connectivity index (χ0) is 34.5. The standard InChI is InChI=1S/C30H32Cl2F2N3O9S/c1-36(2)29(39)21-11-19(7-9-24(21)43-3)47(41,42)35-13-28(38)45-26(12-20-22(31)14-37(40)15-23(20)32)18-6-8-25(46-30(33)34)27(10-18)44-16-17-4-5-17/h6-11,14,17,26,30,35H,4-5,12-13,15-16H2,1-3H3/q-1/t26-/m0/s1. The Morgan fingerprint density at radius 3 is 2.43 bits per heavy atom. The molecule has 0 saturated heterocycles. The number of alkyl halides is 2. The van der Waals surface area contributed by atoms with Gasteiger partial charge in [0.05, 0.1) is 29.2 Å². The molecule has 1 heterocycles. The monoisotopic (exact) mass is 718 g/mol. The molecule has 2 aromatic carbocycles. The van der Waals surface area contributed by atoms with Crippen LogP contribution in [0.1, 0.15) is 41.3 Å². The number of hydroxylamine groups is 2. The van der Waals surface area contributed by atoms with Gasteiger partial charge in [-0.3, -0.25) is 9.59 Å². The number of allylic oxidation sites excluding steroid dienone is 1. The molecule has 0 unspecified atom stereocenters. The molecular formula is C30H32Cl2F2N3O9S-. The average molecular weight is 720 g/mol. The van der Waals surface area contributed by atoms with Crippen LogP contribution in [-0.4, -0.2) is 77.8 Å². The van der Waals surface area contributed by atoms with E-state index in [0.29, 0.717) is 5.06 Å². The van der Waals surface area contributed by atoms with Crippen molar-refractivity contribution in [3.05, 3.63) is 74.6 Å². The summed E-state index contributed by atoms with van der Waals surface area (Å²) < 4.78 is 75.8. The normalized spacial score (nSPS) is 15.7. The van der Waals surface area contributed by atoms with Crippen LogP contribution in [-0.2, 0) is 19.6 Å². The Hall–Kier alpha value is -3.63. The lowest BCUT2D eigenvalue weighted by molar-refractivity contribution is -0.147. The second-order valence-corrected chi connectivity index (χ2v) is 13.5. The molecule has 0 bridgehead atoms. The summed E-state index contributed by atoms with van der Waals surface area (Å²) in [5, 5.41) is 12.4. The summed E-state index contributed by atoms with van der Waals surface area (Å²) in [6.45, 7) is -3.92. The fourth-order valence-electron chi connectivity index (χ4n) is 4.46.